The molecule has 0 aliphatic heterocycles. The molecule has 106 valence electrons. The lowest BCUT2D eigenvalue weighted by atomic mass is 10.3. The van der Waals surface area contributed by atoms with Crippen molar-refractivity contribution < 1.29 is 13.9 Å². The summed E-state index contributed by atoms with van der Waals surface area (Å²) >= 11 is 3.08. The van der Waals surface area contributed by atoms with E-state index in [2.05, 4.69) is 36.2 Å². The van der Waals surface area contributed by atoms with Gasteiger partial charge in [0.05, 0.1) is 11.6 Å². The van der Waals surface area contributed by atoms with E-state index in [4.69, 9.17) is 9.47 Å². The van der Waals surface area contributed by atoms with Gasteiger partial charge in [0.2, 0.25) is 5.95 Å². The Labute approximate surface area is 123 Å². The number of ether oxygens (including phenoxy) is 2. The van der Waals surface area contributed by atoms with Gasteiger partial charge in [-0.25, -0.2) is 4.39 Å². The first-order chi connectivity index (χ1) is 9.62. The Morgan fingerprint density at radius 3 is 2.65 bits per heavy atom. The average Bonchev–Trinajstić information content (AvgIpc) is 2.43. The molecule has 0 unspecified atom stereocenters. The zero-order chi connectivity index (χ0) is 14.5. The topological polar surface area (TPSA) is 69.2 Å². The van der Waals surface area contributed by atoms with E-state index in [1.165, 1.54) is 25.3 Å². The third-order valence-electron chi connectivity index (χ3n) is 2.21. The van der Waals surface area contributed by atoms with Crippen LogP contribution >= 0.6 is 15.9 Å². The first-order valence-electron chi connectivity index (χ1n) is 5.79. The number of nitrogens with one attached hydrogen (secondary N) is 1. The lowest BCUT2D eigenvalue weighted by Gasteiger charge is -2.08. The number of anilines is 1. The second kappa shape index (κ2) is 6.47. The van der Waals surface area contributed by atoms with Gasteiger partial charge < -0.3 is 14.8 Å². The molecule has 0 radical (unpaired) electrons. The number of hydrogen-bond donors (Lipinski definition) is 1. The summed E-state index contributed by atoms with van der Waals surface area (Å²) in [6.07, 6.45) is 0. The molecule has 0 saturated heterocycles. The van der Waals surface area contributed by atoms with Crippen molar-refractivity contribution in [1.29, 1.82) is 0 Å². The quantitative estimate of drug-likeness (QED) is 0.900. The number of nitrogens with zero attached hydrogens (tertiary/aromatic N) is 3. The number of hydrogen-bond acceptors (Lipinski definition) is 6. The largest absolute Gasteiger partial charge is 0.467 e. The fourth-order valence-electron chi connectivity index (χ4n) is 1.36. The molecule has 0 aliphatic rings. The van der Waals surface area contributed by atoms with Gasteiger partial charge in [-0.1, -0.05) is 0 Å². The molecule has 2 rings (SSSR count). The van der Waals surface area contributed by atoms with Crippen LogP contribution in [0.1, 0.15) is 6.92 Å². The summed E-state index contributed by atoms with van der Waals surface area (Å²) in [6, 6.07) is 4.43. The molecule has 0 atom stereocenters. The molecule has 6 nitrogen and oxygen atoms in total. The lowest BCUT2D eigenvalue weighted by molar-refractivity contribution is 0.360. The molecule has 1 N–H and O–H groups in total. The molecular formula is C12H12BrFN4O2. The Balaban J connectivity index is 2.27. The van der Waals surface area contributed by atoms with E-state index in [0.717, 1.165) is 0 Å². The third-order valence-corrected chi connectivity index (χ3v) is 2.82. The molecule has 0 fully saturated rings. The van der Waals surface area contributed by atoms with Crippen LogP contribution in [0.2, 0.25) is 0 Å². The maximum absolute atomic E-state index is 13.1. The van der Waals surface area contributed by atoms with Crippen LogP contribution in [-0.4, -0.2) is 28.6 Å². The van der Waals surface area contributed by atoms with Crippen molar-refractivity contribution >= 4 is 21.9 Å². The van der Waals surface area contributed by atoms with Gasteiger partial charge in [-0.2, -0.15) is 9.97 Å². The van der Waals surface area contributed by atoms with E-state index in [9.17, 15) is 4.39 Å². The van der Waals surface area contributed by atoms with E-state index in [0.29, 0.717) is 22.7 Å². The Kier molecular flexibility index (Phi) is 4.67. The minimum atomic E-state index is -0.376. The zero-order valence-corrected chi connectivity index (χ0v) is 12.4. The van der Waals surface area contributed by atoms with Crippen LogP contribution in [0.3, 0.4) is 0 Å². The predicted octanol–water partition coefficient (Wildman–Crippen LogP) is 3.01. The summed E-state index contributed by atoms with van der Waals surface area (Å²) in [6.45, 7) is 2.56. The molecule has 1 aromatic heterocycles. The standard InChI is InChI=1S/C12H12BrFN4O2/c1-3-15-10-16-11(19-2)18-12(17-10)20-7-4-5-9(14)8(13)6-7/h4-6H,3H2,1-2H3,(H,15,16,17,18). The van der Waals surface area contributed by atoms with Gasteiger partial charge in [-0.15, -0.1) is 4.98 Å². The number of methoxy groups -OCH3 is 1. The SMILES string of the molecule is CCNc1nc(OC)nc(Oc2ccc(F)c(Br)c2)n1. The lowest BCUT2D eigenvalue weighted by Crippen LogP contribution is -2.06. The second-order valence-corrected chi connectivity index (χ2v) is 4.49. The molecule has 0 aliphatic carbocycles. The molecule has 0 saturated carbocycles. The van der Waals surface area contributed by atoms with E-state index < -0.39 is 0 Å². The van der Waals surface area contributed by atoms with Crippen molar-refractivity contribution in [3.63, 3.8) is 0 Å². The summed E-state index contributed by atoms with van der Waals surface area (Å²) in [5.74, 6) is 0.364. The van der Waals surface area contributed by atoms with Gasteiger partial charge in [0, 0.05) is 6.54 Å². The first-order valence-corrected chi connectivity index (χ1v) is 6.58. The molecule has 0 amide bonds. The summed E-state index contributed by atoms with van der Waals surface area (Å²) in [5.41, 5.74) is 0. The molecule has 20 heavy (non-hydrogen) atoms. The van der Waals surface area contributed by atoms with Gasteiger partial charge in [0.15, 0.2) is 0 Å². The van der Waals surface area contributed by atoms with Crippen LogP contribution in [0.5, 0.6) is 17.8 Å². The Morgan fingerprint density at radius 2 is 2.00 bits per heavy atom. The Bertz CT molecular complexity index is 612. The maximum Gasteiger partial charge on any atom is 0.330 e. The van der Waals surface area contributed by atoms with Crippen molar-refractivity contribution in [2.75, 3.05) is 19.0 Å². The molecule has 8 heteroatoms. The molecule has 1 aromatic carbocycles. The second-order valence-electron chi connectivity index (χ2n) is 3.64. The molecule has 0 bridgehead atoms. The minimum Gasteiger partial charge on any atom is -0.467 e. The van der Waals surface area contributed by atoms with Gasteiger partial charge in [0.1, 0.15) is 11.6 Å². The van der Waals surface area contributed by atoms with Gasteiger partial charge in [-0.05, 0) is 41.1 Å². The van der Waals surface area contributed by atoms with Crippen LogP contribution < -0.4 is 14.8 Å². The highest BCUT2D eigenvalue weighted by Crippen LogP contribution is 2.25. The maximum atomic E-state index is 13.1. The minimum absolute atomic E-state index is 0.0614. The Morgan fingerprint density at radius 1 is 1.25 bits per heavy atom. The van der Waals surface area contributed by atoms with E-state index in [1.807, 2.05) is 6.92 Å². The van der Waals surface area contributed by atoms with Crippen LogP contribution in [0.25, 0.3) is 0 Å². The van der Waals surface area contributed by atoms with Crippen LogP contribution in [-0.2, 0) is 0 Å². The zero-order valence-electron chi connectivity index (χ0n) is 10.9. The van der Waals surface area contributed by atoms with Crippen molar-refractivity contribution in [2.24, 2.45) is 0 Å². The summed E-state index contributed by atoms with van der Waals surface area (Å²) < 4.78 is 23.9. The molecule has 1 heterocycles. The monoisotopic (exact) mass is 342 g/mol. The normalized spacial score (nSPS) is 10.2. The first kappa shape index (κ1) is 14.4. The van der Waals surface area contributed by atoms with Crippen molar-refractivity contribution in [1.82, 2.24) is 15.0 Å². The highest BCUT2D eigenvalue weighted by atomic mass is 79.9. The average molecular weight is 343 g/mol. The fraction of sp³-hybridized carbons (Fsp3) is 0.250. The molecular weight excluding hydrogens is 331 g/mol. The van der Waals surface area contributed by atoms with Gasteiger partial charge in [0.25, 0.3) is 0 Å². The van der Waals surface area contributed by atoms with Crippen molar-refractivity contribution in [3.05, 3.63) is 28.5 Å². The number of benzene rings is 1. The molecule has 2 aromatic rings. The molecule has 0 spiro atoms. The van der Waals surface area contributed by atoms with Crippen molar-refractivity contribution in [3.8, 4) is 17.8 Å². The predicted molar refractivity (Wildman–Crippen MR) is 74.7 cm³/mol. The number of halogens is 2. The number of aromatic nitrogens is 3. The summed E-state index contributed by atoms with van der Waals surface area (Å²) in [4.78, 5) is 12.0. The van der Waals surface area contributed by atoms with Gasteiger partial charge >= 0.3 is 12.0 Å². The summed E-state index contributed by atoms with van der Waals surface area (Å²) in [7, 11) is 1.45. The van der Waals surface area contributed by atoms with Crippen LogP contribution in [0, 0.1) is 5.82 Å². The van der Waals surface area contributed by atoms with E-state index in [-0.39, 0.29) is 17.8 Å². The highest BCUT2D eigenvalue weighted by molar-refractivity contribution is 9.10. The highest BCUT2D eigenvalue weighted by Gasteiger charge is 2.09. The fourth-order valence-corrected chi connectivity index (χ4v) is 1.72. The van der Waals surface area contributed by atoms with Gasteiger partial charge in [-0.3, -0.25) is 0 Å². The van der Waals surface area contributed by atoms with Crippen LogP contribution in [0.15, 0.2) is 22.7 Å². The number of rotatable bonds is 5. The summed E-state index contributed by atoms with van der Waals surface area (Å²) in [5, 5.41) is 2.94. The van der Waals surface area contributed by atoms with E-state index >= 15 is 0 Å². The van der Waals surface area contributed by atoms with E-state index in [1.54, 1.807) is 0 Å². The smallest absolute Gasteiger partial charge is 0.330 e. The third kappa shape index (κ3) is 3.53. The van der Waals surface area contributed by atoms with Crippen molar-refractivity contribution in [2.45, 2.75) is 6.92 Å². The van der Waals surface area contributed by atoms with Crippen LogP contribution in [0.4, 0.5) is 10.3 Å². The Hall–Kier alpha value is -1.96.